The van der Waals surface area contributed by atoms with Gasteiger partial charge in [0, 0.05) is 19.5 Å². The van der Waals surface area contributed by atoms with Crippen molar-refractivity contribution >= 4 is 5.91 Å². The number of pyridine rings is 1. The summed E-state index contributed by atoms with van der Waals surface area (Å²) < 4.78 is 18.3. The van der Waals surface area contributed by atoms with E-state index in [1.165, 1.54) is 16.9 Å². The molecule has 9 nitrogen and oxygen atoms in total. The Bertz CT molecular complexity index is 1170. The van der Waals surface area contributed by atoms with Crippen molar-refractivity contribution in [3.63, 3.8) is 0 Å². The molecule has 3 aromatic heterocycles. The van der Waals surface area contributed by atoms with Gasteiger partial charge in [0.2, 0.25) is 11.7 Å². The Balaban J connectivity index is 1.50. The largest absolute Gasteiger partial charge is 0.339 e. The number of benzene rings is 1. The Labute approximate surface area is 177 Å². The molecule has 158 valence electrons. The molecular formula is C21H20FN7O2. The Morgan fingerprint density at radius 2 is 2.00 bits per heavy atom. The molecule has 0 N–H and O–H groups in total. The van der Waals surface area contributed by atoms with Gasteiger partial charge in [0.25, 0.3) is 5.91 Å². The third kappa shape index (κ3) is 4.47. The summed E-state index contributed by atoms with van der Waals surface area (Å²) in [5, 5.41) is 12.2. The van der Waals surface area contributed by atoms with Crippen molar-refractivity contribution in [2.75, 3.05) is 13.1 Å². The average molecular weight is 421 g/mol. The van der Waals surface area contributed by atoms with Gasteiger partial charge in [0.1, 0.15) is 11.5 Å². The second kappa shape index (κ2) is 8.82. The normalized spacial score (nSPS) is 10.9. The van der Waals surface area contributed by atoms with Crippen molar-refractivity contribution in [2.24, 2.45) is 0 Å². The fourth-order valence-corrected chi connectivity index (χ4v) is 3.11. The molecule has 0 atom stereocenters. The van der Waals surface area contributed by atoms with Crippen LogP contribution in [0.15, 0.2) is 53.4 Å². The molecule has 3 heterocycles. The van der Waals surface area contributed by atoms with Crippen molar-refractivity contribution in [3.05, 3.63) is 71.8 Å². The molecule has 0 spiro atoms. The van der Waals surface area contributed by atoms with Gasteiger partial charge in [0.05, 0.1) is 29.8 Å². The number of hydrogen-bond donors (Lipinski definition) is 0. The van der Waals surface area contributed by atoms with Crippen LogP contribution in [0.5, 0.6) is 0 Å². The number of aryl methyl sites for hydroxylation is 1. The Morgan fingerprint density at radius 1 is 1.19 bits per heavy atom. The molecular weight excluding hydrogens is 401 g/mol. The maximum absolute atomic E-state index is 13.3. The molecule has 0 aliphatic rings. The number of carbonyl (C=O) groups excluding carboxylic acids is 1. The van der Waals surface area contributed by atoms with Gasteiger partial charge in [-0.3, -0.25) is 4.79 Å². The number of aromatic nitrogens is 6. The van der Waals surface area contributed by atoms with Crippen LogP contribution in [-0.2, 0) is 6.42 Å². The van der Waals surface area contributed by atoms with Crippen molar-refractivity contribution in [3.8, 4) is 17.2 Å². The van der Waals surface area contributed by atoms with E-state index >= 15 is 0 Å². The van der Waals surface area contributed by atoms with E-state index in [0.29, 0.717) is 42.3 Å². The minimum atomic E-state index is -0.439. The van der Waals surface area contributed by atoms with E-state index in [9.17, 15) is 9.18 Å². The summed E-state index contributed by atoms with van der Waals surface area (Å²) >= 11 is 0. The second-order valence-electron chi connectivity index (χ2n) is 6.85. The molecule has 0 fully saturated rings. The third-order valence-electron chi connectivity index (χ3n) is 4.71. The molecule has 1 amide bonds. The zero-order chi connectivity index (χ0) is 21.8. The van der Waals surface area contributed by atoms with Gasteiger partial charge in [-0.2, -0.15) is 20.0 Å². The molecule has 31 heavy (non-hydrogen) atoms. The second-order valence-corrected chi connectivity index (χ2v) is 6.85. The SMILES string of the molecule is CCN(CCc1nc(-c2ccc(F)cn2)no1)C(=O)c1cc(C)ccc1-n1nccn1. The molecule has 0 unspecified atom stereocenters. The van der Waals surface area contributed by atoms with Crippen LogP contribution in [0.3, 0.4) is 0 Å². The van der Waals surface area contributed by atoms with Gasteiger partial charge in [-0.05, 0) is 38.1 Å². The van der Waals surface area contributed by atoms with Crippen LogP contribution in [0.4, 0.5) is 4.39 Å². The van der Waals surface area contributed by atoms with Gasteiger partial charge in [-0.1, -0.05) is 16.8 Å². The summed E-state index contributed by atoms with van der Waals surface area (Å²) in [5.41, 5.74) is 2.50. The van der Waals surface area contributed by atoms with E-state index < -0.39 is 5.82 Å². The molecule has 0 aliphatic carbocycles. The standard InChI is InChI=1S/C21H20FN7O2/c1-3-28(11-8-19-26-20(27-31-19)17-6-5-15(22)13-23-17)21(30)16-12-14(2)4-7-18(16)29-24-9-10-25-29/h4-7,9-10,12-13H,3,8,11H2,1-2H3. The molecule has 4 aromatic rings. The number of likely N-dealkylation sites (N-methyl/N-ethyl adjacent to an activating group) is 1. The average Bonchev–Trinajstić information content (AvgIpc) is 3.47. The van der Waals surface area contributed by atoms with Crippen LogP contribution in [0.2, 0.25) is 0 Å². The van der Waals surface area contributed by atoms with Gasteiger partial charge in [-0.25, -0.2) is 9.37 Å². The van der Waals surface area contributed by atoms with Crippen LogP contribution in [-0.4, -0.2) is 54.0 Å². The van der Waals surface area contributed by atoms with E-state index in [1.54, 1.807) is 17.3 Å². The molecule has 0 radical (unpaired) electrons. The number of amides is 1. The minimum Gasteiger partial charge on any atom is -0.339 e. The smallest absolute Gasteiger partial charge is 0.256 e. The van der Waals surface area contributed by atoms with E-state index in [0.717, 1.165) is 11.8 Å². The van der Waals surface area contributed by atoms with E-state index in [1.807, 2.05) is 32.0 Å². The van der Waals surface area contributed by atoms with E-state index in [2.05, 4.69) is 25.3 Å². The highest BCUT2D eigenvalue weighted by Crippen LogP contribution is 2.18. The van der Waals surface area contributed by atoms with Crippen molar-refractivity contribution < 1.29 is 13.7 Å². The lowest BCUT2D eigenvalue weighted by Crippen LogP contribution is -2.33. The zero-order valence-electron chi connectivity index (χ0n) is 17.1. The predicted molar refractivity (Wildman–Crippen MR) is 109 cm³/mol. The van der Waals surface area contributed by atoms with Gasteiger partial charge in [-0.15, -0.1) is 0 Å². The minimum absolute atomic E-state index is 0.140. The molecule has 0 saturated heterocycles. The van der Waals surface area contributed by atoms with Crippen LogP contribution in [0, 0.1) is 12.7 Å². The number of rotatable bonds is 7. The van der Waals surface area contributed by atoms with Gasteiger partial charge in [0.15, 0.2) is 0 Å². The predicted octanol–water partition coefficient (Wildman–Crippen LogP) is 2.86. The van der Waals surface area contributed by atoms with Crippen LogP contribution < -0.4 is 0 Å². The maximum Gasteiger partial charge on any atom is 0.256 e. The summed E-state index contributed by atoms with van der Waals surface area (Å²) in [6.45, 7) is 4.71. The molecule has 0 aliphatic heterocycles. The Morgan fingerprint density at radius 3 is 2.71 bits per heavy atom. The molecule has 1 aromatic carbocycles. The first kappa shape index (κ1) is 20.3. The fourth-order valence-electron chi connectivity index (χ4n) is 3.11. The molecule has 0 bridgehead atoms. The van der Waals surface area contributed by atoms with E-state index in [4.69, 9.17) is 4.52 Å². The van der Waals surface area contributed by atoms with Crippen molar-refractivity contribution in [1.82, 2.24) is 35.0 Å². The Hall–Kier alpha value is -3.95. The third-order valence-corrected chi connectivity index (χ3v) is 4.71. The number of nitrogens with zero attached hydrogens (tertiary/aromatic N) is 7. The van der Waals surface area contributed by atoms with Gasteiger partial charge < -0.3 is 9.42 Å². The van der Waals surface area contributed by atoms with Crippen molar-refractivity contribution in [2.45, 2.75) is 20.3 Å². The summed E-state index contributed by atoms with van der Waals surface area (Å²) in [6.07, 6.45) is 4.59. The highest BCUT2D eigenvalue weighted by molar-refractivity contribution is 5.98. The van der Waals surface area contributed by atoms with E-state index in [-0.39, 0.29) is 11.7 Å². The number of halogens is 1. The summed E-state index contributed by atoms with van der Waals surface area (Å²) in [4.78, 5) is 24.6. The molecule has 10 heteroatoms. The quantitative estimate of drug-likeness (QED) is 0.452. The lowest BCUT2D eigenvalue weighted by Gasteiger charge is -2.21. The highest BCUT2D eigenvalue weighted by atomic mass is 19.1. The highest BCUT2D eigenvalue weighted by Gasteiger charge is 2.21. The summed E-state index contributed by atoms with van der Waals surface area (Å²) in [6, 6.07) is 8.33. The van der Waals surface area contributed by atoms with Crippen LogP contribution in [0.25, 0.3) is 17.2 Å². The number of carbonyl (C=O) groups is 1. The lowest BCUT2D eigenvalue weighted by molar-refractivity contribution is 0.0762. The number of hydrogen-bond acceptors (Lipinski definition) is 7. The zero-order valence-corrected chi connectivity index (χ0v) is 17.1. The summed E-state index contributed by atoms with van der Waals surface area (Å²) in [5.74, 6) is 0.0597. The topological polar surface area (TPSA) is 103 Å². The van der Waals surface area contributed by atoms with Gasteiger partial charge >= 0.3 is 0 Å². The van der Waals surface area contributed by atoms with Crippen molar-refractivity contribution in [1.29, 1.82) is 0 Å². The molecule has 0 saturated carbocycles. The monoisotopic (exact) mass is 421 g/mol. The summed E-state index contributed by atoms with van der Waals surface area (Å²) in [7, 11) is 0. The lowest BCUT2D eigenvalue weighted by atomic mass is 10.1. The first-order chi connectivity index (χ1) is 15.0. The van der Waals surface area contributed by atoms with Crippen LogP contribution >= 0.6 is 0 Å². The fraction of sp³-hybridized carbons (Fsp3) is 0.238. The Kier molecular flexibility index (Phi) is 5.78. The van der Waals surface area contributed by atoms with Crippen LogP contribution in [0.1, 0.15) is 28.7 Å². The molecule has 4 rings (SSSR count). The first-order valence-electron chi connectivity index (χ1n) is 9.76. The first-order valence-corrected chi connectivity index (χ1v) is 9.76. The maximum atomic E-state index is 13.3.